The van der Waals surface area contributed by atoms with Crippen LogP contribution in [0.1, 0.15) is 17.7 Å². The molecular weight excluding hydrogens is 408 g/mol. The molecule has 6 nitrogen and oxygen atoms in total. The van der Waals surface area contributed by atoms with Crippen molar-refractivity contribution in [2.45, 2.75) is 19.1 Å². The van der Waals surface area contributed by atoms with Crippen LogP contribution in [-0.4, -0.2) is 39.4 Å². The van der Waals surface area contributed by atoms with E-state index in [1.165, 1.54) is 0 Å². The predicted octanol–water partition coefficient (Wildman–Crippen LogP) is 3.45. The average Bonchev–Trinajstić information content (AvgIpc) is 3.10. The van der Waals surface area contributed by atoms with E-state index in [2.05, 4.69) is 5.32 Å². The molecule has 1 N–H and O–H groups in total. The van der Waals surface area contributed by atoms with Crippen molar-refractivity contribution in [3.63, 3.8) is 0 Å². The first kappa shape index (κ1) is 21.7. The third-order valence-corrected chi connectivity index (χ3v) is 6.17. The van der Waals surface area contributed by atoms with Crippen LogP contribution in [0.2, 0.25) is 5.02 Å². The zero-order valence-electron chi connectivity index (χ0n) is 15.3. The van der Waals surface area contributed by atoms with Crippen molar-refractivity contribution < 1.29 is 17.6 Å². The monoisotopic (exact) mass is 430 g/mol. The topological polar surface area (TPSA) is 79.6 Å². The SMILES string of the molecule is Cc1ccc(Cl)cc1N(CC(=O)NCCCSCc1ccco1)S(C)(=O)=O. The molecule has 0 radical (unpaired) electrons. The number of aryl methyl sites for hydroxylation is 1. The van der Waals surface area contributed by atoms with Gasteiger partial charge in [-0.3, -0.25) is 9.10 Å². The summed E-state index contributed by atoms with van der Waals surface area (Å²) in [5.74, 6) is 2.22. The van der Waals surface area contributed by atoms with E-state index < -0.39 is 10.0 Å². The molecule has 1 heterocycles. The summed E-state index contributed by atoms with van der Waals surface area (Å²) in [5.41, 5.74) is 1.14. The Morgan fingerprint density at radius 3 is 2.78 bits per heavy atom. The van der Waals surface area contributed by atoms with E-state index in [0.717, 1.165) is 39.8 Å². The Balaban J connectivity index is 1.83. The van der Waals surface area contributed by atoms with E-state index >= 15 is 0 Å². The number of thioether (sulfide) groups is 1. The number of carbonyl (C=O) groups is 1. The van der Waals surface area contributed by atoms with Crippen molar-refractivity contribution in [2.75, 3.05) is 29.4 Å². The van der Waals surface area contributed by atoms with Crippen molar-refractivity contribution >= 4 is 45.0 Å². The van der Waals surface area contributed by atoms with E-state index in [4.69, 9.17) is 16.0 Å². The van der Waals surface area contributed by atoms with Crippen LogP contribution in [0.5, 0.6) is 0 Å². The number of hydrogen-bond acceptors (Lipinski definition) is 5. The summed E-state index contributed by atoms with van der Waals surface area (Å²) in [6.45, 7) is 1.98. The maximum Gasteiger partial charge on any atom is 0.240 e. The summed E-state index contributed by atoms with van der Waals surface area (Å²) < 4.78 is 30.6. The molecule has 2 aromatic rings. The van der Waals surface area contributed by atoms with Crippen molar-refractivity contribution in [1.82, 2.24) is 5.32 Å². The van der Waals surface area contributed by atoms with E-state index in [9.17, 15) is 13.2 Å². The van der Waals surface area contributed by atoms with E-state index in [1.807, 2.05) is 12.1 Å². The van der Waals surface area contributed by atoms with Gasteiger partial charge in [0.25, 0.3) is 0 Å². The molecule has 9 heteroatoms. The molecule has 0 aliphatic carbocycles. The maximum absolute atomic E-state index is 12.2. The van der Waals surface area contributed by atoms with Crippen LogP contribution in [0.15, 0.2) is 41.0 Å². The minimum atomic E-state index is -3.62. The predicted molar refractivity (Wildman–Crippen MR) is 111 cm³/mol. The second kappa shape index (κ2) is 10.1. The van der Waals surface area contributed by atoms with Gasteiger partial charge in [-0.05, 0) is 48.9 Å². The molecule has 0 bridgehead atoms. The highest BCUT2D eigenvalue weighted by atomic mass is 35.5. The minimum Gasteiger partial charge on any atom is -0.468 e. The van der Waals surface area contributed by atoms with E-state index in [-0.39, 0.29) is 12.5 Å². The van der Waals surface area contributed by atoms with E-state index in [1.54, 1.807) is 43.1 Å². The van der Waals surface area contributed by atoms with Gasteiger partial charge < -0.3 is 9.73 Å². The molecular formula is C18H23ClN2O4S2. The maximum atomic E-state index is 12.2. The number of nitrogens with one attached hydrogen (secondary N) is 1. The molecule has 0 aliphatic heterocycles. The number of furan rings is 1. The highest BCUT2D eigenvalue weighted by molar-refractivity contribution is 7.98. The van der Waals surface area contributed by atoms with E-state index in [0.29, 0.717) is 17.3 Å². The number of hydrogen-bond donors (Lipinski definition) is 1. The lowest BCUT2D eigenvalue weighted by Gasteiger charge is -2.23. The quantitative estimate of drug-likeness (QED) is 0.584. The lowest BCUT2D eigenvalue weighted by atomic mass is 10.2. The number of sulfonamides is 1. The number of benzene rings is 1. The van der Waals surface area contributed by atoms with Crippen LogP contribution in [0.4, 0.5) is 5.69 Å². The largest absolute Gasteiger partial charge is 0.468 e. The van der Waals surface area contributed by atoms with Gasteiger partial charge >= 0.3 is 0 Å². The highest BCUT2D eigenvalue weighted by Crippen LogP contribution is 2.26. The van der Waals surface area contributed by atoms with Gasteiger partial charge in [0.15, 0.2) is 0 Å². The lowest BCUT2D eigenvalue weighted by Crippen LogP contribution is -2.41. The second-order valence-electron chi connectivity index (χ2n) is 6.04. The lowest BCUT2D eigenvalue weighted by molar-refractivity contribution is -0.119. The summed E-state index contributed by atoms with van der Waals surface area (Å²) >= 11 is 7.70. The molecule has 0 saturated carbocycles. The number of nitrogens with zero attached hydrogens (tertiary/aromatic N) is 1. The van der Waals surface area contributed by atoms with Crippen LogP contribution in [0, 0.1) is 6.92 Å². The normalized spacial score (nSPS) is 11.4. The number of rotatable bonds is 10. The molecule has 0 aliphatic rings. The van der Waals surface area contributed by atoms with Crippen molar-refractivity contribution in [2.24, 2.45) is 0 Å². The molecule has 1 aromatic heterocycles. The highest BCUT2D eigenvalue weighted by Gasteiger charge is 2.22. The number of carbonyl (C=O) groups excluding carboxylic acids is 1. The Morgan fingerprint density at radius 1 is 1.33 bits per heavy atom. The first-order chi connectivity index (χ1) is 12.8. The smallest absolute Gasteiger partial charge is 0.240 e. The van der Waals surface area contributed by atoms with Gasteiger partial charge in [0.05, 0.1) is 24.0 Å². The zero-order chi connectivity index (χ0) is 19.9. The fourth-order valence-electron chi connectivity index (χ4n) is 2.39. The molecule has 2 rings (SSSR count). The third kappa shape index (κ3) is 7.12. The van der Waals surface area contributed by atoms with Gasteiger partial charge in [-0.15, -0.1) is 0 Å². The molecule has 0 spiro atoms. The van der Waals surface area contributed by atoms with Gasteiger partial charge in [0.2, 0.25) is 15.9 Å². The number of amides is 1. The fraction of sp³-hybridized carbons (Fsp3) is 0.389. The number of anilines is 1. The molecule has 0 fully saturated rings. The van der Waals surface area contributed by atoms with Crippen LogP contribution in [0.3, 0.4) is 0 Å². The summed E-state index contributed by atoms with van der Waals surface area (Å²) in [4.78, 5) is 12.2. The summed E-state index contributed by atoms with van der Waals surface area (Å²) in [7, 11) is -3.62. The van der Waals surface area contributed by atoms with Crippen molar-refractivity contribution in [3.05, 3.63) is 52.9 Å². The minimum absolute atomic E-state index is 0.278. The van der Waals surface area contributed by atoms with Gasteiger partial charge in [0.1, 0.15) is 12.3 Å². The Labute approximate surface area is 169 Å². The molecule has 27 heavy (non-hydrogen) atoms. The van der Waals surface area contributed by atoms with Crippen LogP contribution >= 0.6 is 23.4 Å². The van der Waals surface area contributed by atoms with Crippen LogP contribution in [-0.2, 0) is 20.6 Å². The molecule has 1 amide bonds. The average molecular weight is 431 g/mol. The van der Waals surface area contributed by atoms with Gasteiger partial charge in [-0.1, -0.05) is 17.7 Å². The van der Waals surface area contributed by atoms with Gasteiger partial charge in [-0.2, -0.15) is 11.8 Å². The summed E-state index contributed by atoms with van der Waals surface area (Å²) in [6, 6.07) is 8.74. The van der Waals surface area contributed by atoms with Crippen LogP contribution in [0.25, 0.3) is 0 Å². The Morgan fingerprint density at radius 2 is 2.11 bits per heavy atom. The molecule has 0 unspecified atom stereocenters. The zero-order valence-corrected chi connectivity index (χ0v) is 17.7. The van der Waals surface area contributed by atoms with Crippen molar-refractivity contribution in [1.29, 1.82) is 0 Å². The summed E-state index contributed by atoms with van der Waals surface area (Å²) in [5, 5.41) is 3.18. The standard InChI is InChI=1S/C18H23ClN2O4S2/c1-14-6-7-15(19)11-17(14)21(27(2,23)24)12-18(22)20-8-4-10-26-13-16-5-3-9-25-16/h3,5-7,9,11H,4,8,10,12-13H2,1-2H3,(H,20,22). The van der Waals surface area contributed by atoms with Crippen LogP contribution < -0.4 is 9.62 Å². The first-order valence-electron chi connectivity index (χ1n) is 8.38. The van der Waals surface area contributed by atoms with Crippen molar-refractivity contribution in [3.8, 4) is 0 Å². The molecule has 1 aromatic carbocycles. The molecule has 0 saturated heterocycles. The third-order valence-electron chi connectivity index (χ3n) is 3.74. The van der Waals surface area contributed by atoms with Gasteiger partial charge in [-0.25, -0.2) is 8.42 Å². The summed E-state index contributed by atoms with van der Waals surface area (Å²) in [6.07, 6.45) is 3.50. The second-order valence-corrected chi connectivity index (χ2v) is 9.48. The van der Waals surface area contributed by atoms with Gasteiger partial charge in [0, 0.05) is 11.6 Å². The Hall–Kier alpha value is -1.64. The number of halogens is 1. The first-order valence-corrected chi connectivity index (χ1v) is 11.8. The fourth-order valence-corrected chi connectivity index (χ4v) is 4.32. The Kier molecular flexibility index (Phi) is 8.07. The molecule has 148 valence electrons. The Bertz CT molecular complexity index is 854. The molecule has 0 atom stereocenters.